The zero-order valence-corrected chi connectivity index (χ0v) is 10.9. The molecule has 0 saturated heterocycles. The lowest BCUT2D eigenvalue weighted by Gasteiger charge is -2.20. The van der Waals surface area contributed by atoms with E-state index >= 15 is 0 Å². The van der Waals surface area contributed by atoms with Gasteiger partial charge in [-0.25, -0.2) is 0 Å². The van der Waals surface area contributed by atoms with Gasteiger partial charge in [-0.05, 0) is 18.2 Å². The molecule has 0 spiro atoms. The van der Waals surface area contributed by atoms with Crippen molar-refractivity contribution in [3.63, 3.8) is 0 Å². The van der Waals surface area contributed by atoms with Crippen LogP contribution in [0.4, 0.5) is 5.69 Å². The number of aliphatic hydroxyl groups is 1. The highest BCUT2D eigenvalue weighted by molar-refractivity contribution is 5.96. The fraction of sp³-hybridized carbons (Fsp3) is 0.286. The molecule has 0 unspecified atom stereocenters. The number of carbonyl (C=O) groups excluding carboxylic acids is 2. The molecule has 0 aliphatic carbocycles. The number of aliphatic hydroxyl groups excluding tert-OH is 1. The van der Waals surface area contributed by atoms with E-state index in [2.05, 4.69) is 11.9 Å². The molecule has 5 heteroatoms. The summed E-state index contributed by atoms with van der Waals surface area (Å²) in [6.07, 6.45) is 1.60. The SMILES string of the molecule is C=CCN(CCO)C(=O)c1cccc(NC(C)=O)c1. The minimum atomic E-state index is -0.207. The lowest BCUT2D eigenvalue weighted by molar-refractivity contribution is -0.114. The van der Waals surface area contributed by atoms with Crippen molar-refractivity contribution >= 4 is 17.5 Å². The van der Waals surface area contributed by atoms with Gasteiger partial charge in [0.05, 0.1) is 6.61 Å². The lowest BCUT2D eigenvalue weighted by Crippen LogP contribution is -2.33. The lowest BCUT2D eigenvalue weighted by atomic mass is 10.1. The quantitative estimate of drug-likeness (QED) is 0.758. The van der Waals surface area contributed by atoms with Crippen LogP contribution >= 0.6 is 0 Å². The zero-order valence-electron chi connectivity index (χ0n) is 10.9. The Morgan fingerprint density at radius 3 is 2.79 bits per heavy atom. The van der Waals surface area contributed by atoms with Crippen LogP contribution in [0.25, 0.3) is 0 Å². The van der Waals surface area contributed by atoms with E-state index in [1.165, 1.54) is 11.8 Å². The van der Waals surface area contributed by atoms with Gasteiger partial charge in [0.2, 0.25) is 5.91 Å². The summed E-state index contributed by atoms with van der Waals surface area (Å²) in [5, 5.41) is 11.6. The Kier molecular flexibility index (Phi) is 5.75. The highest BCUT2D eigenvalue weighted by Gasteiger charge is 2.14. The van der Waals surface area contributed by atoms with E-state index in [1.807, 2.05) is 0 Å². The molecule has 0 aliphatic heterocycles. The molecule has 0 heterocycles. The molecular formula is C14H18N2O3. The fourth-order valence-corrected chi connectivity index (χ4v) is 1.67. The minimum absolute atomic E-state index is 0.106. The van der Waals surface area contributed by atoms with Crippen LogP contribution in [0.3, 0.4) is 0 Å². The predicted octanol–water partition coefficient (Wildman–Crippen LogP) is 1.27. The summed E-state index contributed by atoms with van der Waals surface area (Å²) in [5.41, 5.74) is 1.03. The molecule has 1 aromatic rings. The average molecular weight is 262 g/mol. The van der Waals surface area contributed by atoms with Crippen molar-refractivity contribution in [2.24, 2.45) is 0 Å². The monoisotopic (exact) mass is 262 g/mol. The third kappa shape index (κ3) is 4.56. The van der Waals surface area contributed by atoms with Gasteiger partial charge >= 0.3 is 0 Å². The Labute approximate surface area is 112 Å². The van der Waals surface area contributed by atoms with E-state index in [0.717, 1.165) is 0 Å². The first-order chi connectivity index (χ1) is 9.08. The van der Waals surface area contributed by atoms with Crippen LogP contribution in [0.15, 0.2) is 36.9 Å². The number of nitrogens with one attached hydrogen (secondary N) is 1. The summed E-state index contributed by atoms with van der Waals surface area (Å²) in [7, 11) is 0. The van der Waals surface area contributed by atoms with Gasteiger partial charge in [0.25, 0.3) is 5.91 Å². The van der Waals surface area contributed by atoms with Gasteiger partial charge in [0, 0.05) is 31.3 Å². The second-order valence-corrected chi connectivity index (χ2v) is 4.03. The number of amides is 2. The van der Waals surface area contributed by atoms with Crippen molar-refractivity contribution in [2.75, 3.05) is 25.0 Å². The van der Waals surface area contributed by atoms with Crippen LogP contribution in [0.1, 0.15) is 17.3 Å². The average Bonchev–Trinajstić information content (AvgIpc) is 2.37. The standard InChI is InChI=1S/C14H18N2O3/c1-3-7-16(8-9-17)14(19)12-5-4-6-13(10-12)15-11(2)18/h3-6,10,17H,1,7-9H2,2H3,(H,15,18). The molecule has 0 fully saturated rings. The molecule has 2 N–H and O–H groups in total. The predicted molar refractivity (Wildman–Crippen MR) is 73.9 cm³/mol. The molecule has 102 valence electrons. The number of hydrogen-bond donors (Lipinski definition) is 2. The maximum atomic E-state index is 12.2. The second-order valence-electron chi connectivity index (χ2n) is 4.03. The van der Waals surface area contributed by atoms with Gasteiger partial charge < -0.3 is 15.3 Å². The number of anilines is 1. The van der Waals surface area contributed by atoms with Crippen molar-refractivity contribution in [3.8, 4) is 0 Å². The van der Waals surface area contributed by atoms with E-state index in [4.69, 9.17) is 5.11 Å². The van der Waals surface area contributed by atoms with E-state index in [1.54, 1.807) is 30.3 Å². The summed E-state index contributed by atoms with van der Waals surface area (Å²) in [6, 6.07) is 6.68. The summed E-state index contributed by atoms with van der Waals surface area (Å²) in [6.45, 7) is 5.49. The smallest absolute Gasteiger partial charge is 0.254 e. The molecule has 0 atom stereocenters. The number of benzene rings is 1. The number of carbonyl (C=O) groups is 2. The van der Waals surface area contributed by atoms with Crippen LogP contribution in [-0.4, -0.2) is 41.5 Å². The van der Waals surface area contributed by atoms with Crippen LogP contribution in [0, 0.1) is 0 Å². The Morgan fingerprint density at radius 1 is 1.47 bits per heavy atom. The molecule has 0 radical (unpaired) electrons. The third-order valence-corrected chi connectivity index (χ3v) is 2.44. The summed E-state index contributed by atoms with van der Waals surface area (Å²) < 4.78 is 0. The normalized spacial score (nSPS) is 9.79. The van der Waals surface area contributed by atoms with Crippen molar-refractivity contribution in [3.05, 3.63) is 42.5 Å². The fourth-order valence-electron chi connectivity index (χ4n) is 1.67. The van der Waals surface area contributed by atoms with Crippen LogP contribution < -0.4 is 5.32 Å². The van der Waals surface area contributed by atoms with E-state index in [-0.39, 0.29) is 25.0 Å². The molecule has 0 aliphatic rings. The number of hydrogen-bond acceptors (Lipinski definition) is 3. The Hall–Kier alpha value is -2.14. The molecule has 1 aromatic carbocycles. The van der Waals surface area contributed by atoms with Crippen molar-refractivity contribution < 1.29 is 14.7 Å². The van der Waals surface area contributed by atoms with E-state index in [9.17, 15) is 9.59 Å². The van der Waals surface area contributed by atoms with Gasteiger partial charge in [-0.1, -0.05) is 12.1 Å². The summed E-state index contributed by atoms with van der Waals surface area (Å²) in [4.78, 5) is 24.7. The Balaban J connectivity index is 2.90. The van der Waals surface area contributed by atoms with Gasteiger partial charge in [0.15, 0.2) is 0 Å². The van der Waals surface area contributed by atoms with Crippen LogP contribution in [-0.2, 0) is 4.79 Å². The molecule has 2 amide bonds. The first kappa shape index (κ1) is 14.9. The first-order valence-electron chi connectivity index (χ1n) is 5.97. The Bertz CT molecular complexity index is 472. The molecule has 0 aromatic heterocycles. The number of nitrogens with zero attached hydrogens (tertiary/aromatic N) is 1. The highest BCUT2D eigenvalue weighted by atomic mass is 16.3. The second kappa shape index (κ2) is 7.33. The van der Waals surface area contributed by atoms with Gasteiger partial charge in [0.1, 0.15) is 0 Å². The molecule has 5 nitrogen and oxygen atoms in total. The minimum Gasteiger partial charge on any atom is -0.395 e. The van der Waals surface area contributed by atoms with Crippen LogP contribution in [0.5, 0.6) is 0 Å². The number of rotatable bonds is 6. The highest BCUT2D eigenvalue weighted by Crippen LogP contribution is 2.12. The molecular weight excluding hydrogens is 244 g/mol. The maximum absolute atomic E-state index is 12.2. The van der Waals surface area contributed by atoms with E-state index < -0.39 is 0 Å². The Morgan fingerprint density at radius 2 is 2.21 bits per heavy atom. The first-order valence-corrected chi connectivity index (χ1v) is 5.97. The molecule has 0 bridgehead atoms. The molecule has 19 heavy (non-hydrogen) atoms. The van der Waals surface area contributed by atoms with Crippen molar-refractivity contribution in [1.29, 1.82) is 0 Å². The van der Waals surface area contributed by atoms with E-state index in [0.29, 0.717) is 17.8 Å². The topological polar surface area (TPSA) is 69.6 Å². The van der Waals surface area contributed by atoms with Crippen molar-refractivity contribution in [2.45, 2.75) is 6.92 Å². The van der Waals surface area contributed by atoms with Crippen molar-refractivity contribution in [1.82, 2.24) is 4.90 Å². The molecule has 1 rings (SSSR count). The molecule has 0 saturated carbocycles. The van der Waals surface area contributed by atoms with Gasteiger partial charge in [-0.3, -0.25) is 9.59 Å². The maximum Gasteiger partial charge on any atom is 0.254 e. The third-order valence-electron chi connectivity index (χ3n) is 2.44. The summed E-state index contributed by atoms with van der Waals surface area (Å²) >= 11 is 0. The van der Waals surface area contributed by atoms with Gasteiger partial charge in [-0.15, -0.1) is 6.58 Å². The van der Waals surface area contributed by atoms with Crippen LogP contribution in [0.2, 0.25) is 0 Å². The summed E-state index contributed by atoms with van der Waals surface area (Å²) in [5.74, 6) is -0.399. The zero-order chi connectivity index (χ0) is 14.3. The largest absolute Gasteiger partial charge is 0.395 e. The van der Waals surface area contributed by atoms with Gasteiger partial charge in [-0.2, -0.15) is 0 Å².